The predicted molar refractivity (Wildman–Crippen MR) is 80.5 cm³/mol. The summed E-state index contributed by atoms with van der Waals surface area (Å²) in [6.07, 6.45) is 0.720. The van der Waals surface area contributed by atoms with Crippen LogP contribution in [-0.4, -0.2) is 28.2 Å². The first-order valence-corrected chi connectivity index (χ1v) is 6.82. The molecule has 1 unspecified atom stereocenters. The maximum absolute atomic E-state index is 11.9. The minimum Gasteiger partial charge on any atom is -0.389 e. The lowest BCUT2D eigenvalue weighted by Crippen LogP contribution is -2.36. The number of halogens is 1. The maximum Gasteiger partial charge on any atom is 0.252 e. The number of hydrogen-bond acceptors (Lipinski definition) is 3. The molecule has 0 radical (unpaired) electrons. The van der Waals surface area contributed by atoms with Gasteiger partial charge in [0.25, 0.3) is 11.5 Å². The third kappa shape index (κ3) is 4.18. The zero-order valence-electron chi connectivity index (χ0n) is 11.2. The Hall–Kier alpha value is -2.11. The third-order valence-corrected chi connectivity index (χ3v) is 3.25. The number of aliphatic hydroxyl groups is 1. The summed E-state index contributed by atoms with van der Waals surface area (Å²) in [5.41, 5.74) is 0.150. The van der Waals surface area contributed by atoms with Gasteiger partial charge in [-0.1, -0.05) is 29.8 Å². The molecule has 1 heterocycles. The molecule has 0 saturated carbocycles. The first-order chi connectivity index (χ1) is 10.1. The summed E-state index contributed by atoms with van der Waals surface area (Å²) in [6, 6.07) is 11.4. The van der Waals surface area contributed by atoms with E-state index in [0.717, 1.165) is 0 Å². The highest BCUT2D eigenvalue weighted by Gasteiger charge is 2.12. The van der Waals surface area contributed by atoms with Gasteiger partial charge in [-0.2, -0.15) is 0 Å². The van der Waals surface area contributed by atoms with Crippen LogP contribution in [-0.2, 0) is 6.54 Å². The second-order valence-corrected chi connectivity index (χ2v) is 4.94. The molecule has 1 atom stereocenters. The van der Waals surface area contributed by atoms with E-state index in [1.807, 2.05) is 0 Å². The zero-order valence-corrected chi connectivity index (χ0v) is 12.0. The van der Waals surface area contributed by atoms with Crippen LogP contribution in [0.1, 0.15) is 10.4 Å². The monoisotopic (exact) mass is 306 g/mol. The van der Waals surface area contributed by atoms with E-state index in [9.17, 15) is 14.7 Å². The largest absolute Gasteiger partial charge is 0.389 e. The quantitative estimate of drug-likeness (QED) is 0.874. The second kappa shape index (κ2) is 7.06. The molecule has 0 spiro atoms. The van der Waals surface area contributed by atoms with Gasteiger partial charge in [0, 0.05) is 18.8 Å². The van der Waals surface area contributed by atoms with E-state index in [-0.39, 0.29) is 24.6 Å². The summed E-state index contributed by atoms with van der Waals surface area (Å²) in [7, 11) is 0. The maximum atomic E-state index is 11.9. The van der Waals surface area contributed by atoms with E-state index < -0.39 is 6.10 Å². The van der Waals surface area contributed by atoms with Crippen molar-refractivity contribution in [2.45, 2.75) is 12.6 Å². The van der Waals surface area contributed by atoms with Crippen molar-refractivity contribution in [1.82, 2.24) is 9.88 Å². The average Bonchev–Trinajstić information content (AvgIpc) is 2.48. The molecule has 0 fully saturated rings. The summed E-state index contributed by atoms with van der Waals surface area (Å²) < 4.78 is 1.38. The molecule has 0 aliphatic carbocycles. The van der Waals surface area contributed by atoms with Crippen molar-refractivity contribution >= 4 is 17.5 Å². The summed E-state index contributed by atoms with van der Waals surface area (Å²) in [5.74, 6) is -0.361. The molecular formula is C15H15ClN2O3. The lowest BCUT2D eigenvalue weighted by atomic mass is 10.2. The second-order valence-electron chi connectivity index (χ2n) is 4.53. The fraction of sp³-hybridized carbons (Fsp3) is 0.200. The number of aromatic nitrogens is 1. The minimum absolute atomic E-state index is 0.0331. The number of benzene rings is 1. The first kappa shape index (κ1) is 15.3. The van der Waals surface area contributed by atoms with Gasteiger partial charge in [0.05, 0.1) is 23.2 Å². The standard InChI is InChI=1S/C15H15ClN2O3/c16-13-6-2-1-5-12(13)15(21)17-9-11(19)10-18-8-4-3-7-14(18)20/h1-8,11,19H,9-10H2,(H,17,21). The van der Waals surface area contributed by atoms with Gasteiger partial charge in [0.15, 0.2) is 0 Å². The molecular weight excluding hydrogens is 292 g/mol. The highest BCUT2D eigenvalue weighted by molar-refractivity contribution is 6.33. The summed E-state index contributed by atoms with van der Waals surface area (Å²) in [5, 5.41) is 12.8. The van der Waals surface area contributed by atoms with Gasteiger partial charge in [-0.05, 0) is 18.2 Å². The Morgan fingerprint density at radius 3 is 2.67 bits per heavy atom. The van der Waals surface area contributed by atoms with E-state index in [4.69, 9.17) is 11.6 Å². The molecule has 110 valence electrons. The van der Waals surface area contributed by atoms with Crippen molar-refractivity contribution in [1.29, 1.82) is 0 Å². The number of aliphatic hydroxyl groups excluding tert-OH is 1. The van der Waals surface area contributed by atoms with Crippen molar-refractivity contribution in [2.24, 2.45) is 0 Å². The van der Waals surface area contributed by atoms with Crippen LogP contribution in [0.25, 0.3) is 0 Å². The number of nitrogens with one attached hydrogen (secondary N) is 1. The van der Waals surface area contributed by atoms with Crippen molar-refractivity contribution < 1.29 is 9.90 Å². The highest BCUT2D eigenvalue weighted by atomic mass is 35.5. The number of pyridine rings is 1. The summed E-state index contributed by atoms with van der Waals surface area (Å²) in [6.45, 7) is 0.147. The molecule has 1 aromatic heterocycles. The Bertz CT molecular complexity index is 684. The molecule has 2 N–H and O–H groups in total. The van der Waals surface area contributed by atoms with E-state index in [2.05, 4.69) is 5.32 Å². The van der Waals surface area contributed by atoms with Crippen LogP contribution in [0.4, 0.5) is 0 Å². The minimum atomic E-state index is -0.864. The van der Waals surface area contributed by atoms with Gasteiger partial charge >= 0.3 is 0 Å². The molecule has 1 aromatic carbocycles. The molecule has 0 aliphatic rings. The van der Waals surface area contributed by atoms with Gasteiger partial charge in [0.2, 0.25) is 0 Å². The van der Waals surface area contributed by atoms with Crippen molar-refractivity contribution in [3.05, 3.63) is 69.6 Å². The fourth-order valence-electron chi connectivity index (χ4n) is 1.85. The van der Waals surface area contributed by atoms with Gasteiger partial charge in [-0.15, -0.1) is 0 Å². The molecule has 2 aromatic rings. The Balaban J connectivity index is 1.91. The smallest absolute Gasteiger partial charge is 0.252 e. The summed E-state index contributed by atoms with van der Waals surface area (Å²) >= 11 is 5.92. The van der Waals surface area contributed by atoms with Crippen LogP contribution in [0, 0.1) is 0 Å². The van der Waals surface area contributed by atoms with Crippen molar-refractivity contribution in [3.8, 4) is 0 Å². The van der Waals surface area contributed by atoms with Crippen LogP contribution in [0.3, 0.4) is 0 Å². The van der Waals surface area contributed by atoms with Crippen molar-refractivity contribution in [3.63, 3.8) is 0 Å². The average molecular weight is 307 g/mol. The molecule has 5 nitrogen and oxygen atoms in total. The normalized spacial score (nSPS) is 11.9. The molecule has 21 heavy (non-hydrogen) atoms. The van der Waals surface area contributed by atoms with Crippen LogP contribution >= 0.6 is 11.6 Å². The van der Waals surface area contributed by atoms with Gasteiger partial charge < -0.3 is 15.0 Å². The fourth-order valence-corrected chi connectivity index (χ4v) is 2.08. The Kier molecular flexibility index (Phi) is 5.14. The van der Waals surface area contributed by atoms with E-state index >= 15 is 0 Å². The third-order valence-electron chi connectivity index (χ3n) is 2.92. The van der Waals surface area contributed by atoms with E-state index in [1.165, 1.54) is 10.6 Å². The molecule has 0 bridgehead atoms. The number of carbonyl (C=O) groups excluding carboxylic acids is 1. The van der Waals surface area contributed by atoms with E-state index in [1.54, 1.807) is 42.6 Å². The van der Waals surface area contributed by atoms with Gasteiger partial charge in [-0.25, -0.2) is 0 Å². The SMILES string of the molecule is O=C(NCC(O)Cn1ccccc1=O)c1ccccc1Cl. The van der Waals surface area contributed by atoms with Crippen molar-refractivity contribution in [2.75, 3.05) is 6.54 Å². The Morgan fingerprint density at radius 2 is 1.95 bits per heavy atom. The highest BCUT2D eigenvalue weighted by Crippen LogP contribution is 2.14. The zero-order chi connectivity index (χ0) is 15.2. The first-order valence-electron chi connectivity index (χ1n) is 6.44. The molecule has 0 aliphatic heterocycles. The lowest BCUT2D eigenvalue weighted by molar-refractivity contribution is 0.0903. The lowest BCUT2D eigenvalue weighted by Gasteiger charge is -2.13. The molecule has 2 rings (SSSR count). The Labute approximate surface area is 126 Å². The van der Waals surface area contributed by atoms with Gasteiger partial charge in [0.1, 0.15) is 0 Å². The number of hydrogen-bond donors (Lipinski definition) is 2. The van der Waals surface area contributed by atoms with Crippen LogP contribution in [0.15, 0.2) is 53.5 Å². The van der Waals surface area contributed by atoms with E-state index in [0.29, 0.717) is 10.6 Å². The number of rotatable bonds is 5. The Morgan fingerprint density at radius 1 is 1.24 bits per heavy atom. The molecule has 6 heteroatoms. The summed E-state index contributed by atoms with van der Waals surface area (Å²) in [4.78, 5) is 23.4. The van der Waals surface area contributed by atoms with Gasteiger partial charge in [-0.3, -0.25) is 9.59 Å². The topological polar surface area (TPSA) is 71.3 Å². The molecule has 1 amide bonds. The van der Waals surface area contributed by atoms with Crippen LogP contribution in [0.2, 0.25) is 5.02 Å². The molecule has 0 saturated heterocycles. The number of amides is 1. The number of nitrogens with zero attached hydrogens (tertiary/aromatic N) is 1. The van der Waals surface area contributed by atoms with Crippen LogP contribution in [0.5, 0.6) is 0 Å². The predicted octanol–water partition coefficient (Wildman–Crippen LogP) is 1.29. The van der Waals surface area contributed by atoms with Crippen LogP contribution < -0.4 is 10.9 Å². The number of carbonyl (C=O) groups is 1.